The van der Waals surface area contributed by atoms with E-state index in [2.05, 4.69) is 35.2 Å². The van der Waals surface area contributed by atoms with E-state index in [0.29, 0.717) is 6.54 Å². The third-order valence-corrected chi connectivity index (χ3v) is 5.09. The SMILES string of the molecule is CC(NC(=O)CN1CCN(c2ncccn2)CC1)c1cn2ncsc2n1. The van der Waals surface area contributed by atoms with Gasteiger partial charge in [-0.15, -0.1) is 0 Å². The van der Waals surface area contributed by atoms with Crippen LogP contribution in [0.2, 0.25) is 0 Å². The number of fused-ring (bicyclic) bond motifs is 1. The molecule has 0 spiro atoms. The molecule has 136 valence electrons. The summed E-state index contributed by atoms with van der Waals surface area (Å²) in [7, 11) is 0. The highest BCUT2D eigenvalue weighted by atomic mass is 32.1. The smallest absolute Gasteiger partial charge is 0.234 e. The molecule has 1 amide bonds. The van der Waals surface area contributed by atoms with Gasteiger partial charge in [-0.1, -0.05) is 11.3 Å². The summed E-state index contributed by atoms with van der Waals surface area (Å²) in [5, 5.41) is 7.18. The Morgan fingerprint density at radius 3 is 2.77 bits per heavy atom. The van der Waals surface area contributed by atoms with Gasteiger partial charge in [-0.3, -0.25) is 9.69 Å². The largest absolute Gasteiger partial charge is 0.347 e. The highest BCUT2D eigenvalue weighted by Gasteiger charge is 2.21. The predicted octanol–water partition coefficient (Wildman–Crippen LogP) is 0.580. The van der Waals surface area contributed by atoms with Gasteiger partial charge in [0, 0.05) is 38.6 Å². The number of nitrogens with zero attached hydrogens (tertiary/aromatic N) is 7. The zero-order valence-electron chi connectivity index (χ0n) is 14.4. The molecule has 0 aromatic carbocycles. The number of amides is 1. The monoisotopic (exact) mass is 372 g/mol. The van der Waals surface area contributed by atoms with E-state index in [1.165, 1.54) is 11.3 Å². The third-order valence-electron chi connectivity index (χ3n) is 4.40. The van der Waals surface area contributed by atoms with Crippen molar-refractivity contribution in [3.8, 4) is 0 Å². The van der Waals surface area contributed by atoms with Crippen molar-refractivity contribution in [3.05, 3.63) is 35.9 Å². The quantitative estimate of drug-likeness (QED) is 0.700. The summed E-state index contributed by atoms with van der Waals surface area (Å²) in [6.07, 6.45) is 5.35. The molecule has 1 aliphatic heterocycles. The van der Waals surface area contributed by atoms with Gasteiger partial charge in [0.25, 0.3) is 0 Å². The van der Waals surface area contributed by atoms with Crippen LogP contribution in [0.5, 0.6) is 0 Å². The minimum absolute atomic E-state index is 0.00576. The van der Waals surface area contributed by atoms with Crippen LogP contribution in [0.4, 0.5) is 5.95 Å². The number of hydrogen-bond acceptors (Lipinski definition) is 8. The van der Waals surface area contributed by atoms with Crippen molar-refractivity contribution in [2.75, 3.05) is 37.6 Å². The molecule has 26 heavy (non-hydrogen) atoms. The minimum Gasteiger partial charge on any atom is -0.347 e. The molecule has 1 aliphatic rings. The topological polar surface area (TPSA) is 91.6 Å². The molecule has 3 aromatic rings. The fourth-order valence-electron chi connectivity index (χ4n) is 2.99. The summed E-state index contributed by atoms with van der Waals surface area (Å²) >= 11 is 1.48. The Morgan fingerprint density at radius 2 is 2.04 bits per heavy atom. The maximum absolute atomic E-state index is 12.4. The molecule has 4 heterocycles. The molecule has 1 atom stereocenters. The van der Waals surface area contributed by atoms with E-state index in [4.69, 9.17) is 0 Å². The Bertz CT molecular complexity index is 842. The number of rotatable bonds is 5. The van der Waals surface area contributed by atoms with E-state index in [-0.39, 0.29) is 11.9 Å². The standard InChI is InChI=1S/C16H20N8OS/c1-12(13-9-24-16(21-13)26-11-19-24)20-14(25)10-22-5-7-23(8-6-22)15-17-3-2-4-18-15/h2-4,9,11-12H,5-8,10H2,1H3,(H,20,25). The Kier molecular flexibility index (Phi) is 4.76. The highest BCUT2D eigenvalue weighted by Crippen LogP contribution is 2.15. The summed E-state index contributed by atoms with van der Waals surface area (Å²) in [4.78, 5) is 30.5. The summed E-state index contributed by atoms with van der Waals surface area (Å²) in [5.74, 6) is 0.754. The molecule has 0 saturated carbocycles. The second kappa shape index (κ2) is 7.34. The van der Waals surface area contributed by atoms with Crippen LogP contribution in [0.1, 0.15) is 18.7 Å². The number of aromatic nitrogens is 5. The first-order chi connectivity index (χ1) is 12.7. The van der Waals surface area contributed by atoms with Crippen LogP contribution in [0.3, 0.4) is 0 Å². The summed E-state index contributed by atoms with van der Waals surface area (Å²) in [6.45, 7) is 5.57. The van der Waals surface area contributed by atoms with Gasteiger partial charge in [-0.05, 0) is 13.0 Å². The second-order valence-electron chi connectivity index (χ2n) is 6.23. The van der Waals surface area contributed by atoms with Crippen molar-refractivity contribution >= 4 is 28.2 Å². The number of carbonyl (C=O) groups excluding carboxylic acids is 1. The number of carbonyl (C=O) groups is 1. The Morgan fingerprint density at radius 1 is 1.27 bits per heavy atom. The lowest BCUT2D eigenvalue weighted by Crippen LogP contribution is -2.50. The predicted molar refractivity (Wildman–Crippen MR) is 98.1 cm³/mol. The van der Waals surface area contributed by atoms with Crippen molar-refractivity contribution in [1.82, 2.24) is 34.8 Å². The van der Waals surface area contributed by atoms with E-state index in [1.54, 1.807) is 22.4 Å². The molecule has 0 bridgehead atoms. The molecular formula is C16H20N8OS. The average molecular weight is 372 g/mol. The van der Waals surface area contributed by atoms with Gasteiger partial charge < -0.3 is 10.2 Å². The molecule has 1 fully saturated rings. The van der Waals surface area contributed by atoms with Crippen LogP contribution in [0, 0.1) is 0 Å². The van der Waals surface area contributed by atoms with Crippen molar-refractivity contribution < 1.29 is 4.79 Å². The van der Waals surface area contributed by atoms with Crippen LogP contribution in [0.25, 0.3) is 4.96 Å². The zero-order chi connectivity index (χ0) is 17.9. The van der Waals surface area contributed by atoms with E-state index in [0.717, 1.165) is 42.8 Å². The van der Waals surface area contributed by atoms with E-state index < -0.39 is 0 Å². The van der Waals surface area contributed by atoms with Gasteiger partial charge in [-0.2, -0.15) is 5.10 Å². The highest BCUT2D eigenvalue weighted by molar-refractivity contribution is 7.14. The molecule has 10 heteroatoms. The number of nitrogens with one attached hydrogen (secondary N) is 1. The maximum atomic E-state index is 12.4. The van der Waals surface area contributed by atoms with Gasteiger partial charge in [0.1, 0.15) is 5.51 Å². The number of hydrogen-bond donors (Lipinski definition) is 1. The number of imidazole rings is 1. The Hall–Kier alpha value is -2.59. The lowest BCUT2D eigenvalue weighted by Gasteiger charge is -2.34. The molecule has 1 saturated heterocycles. The van der Waals surface area contributed by atoms with Gasteiger partial charge in [0.2, 0.25) is 16.8 Å². The lowest BCUT2D eigenvalue weighted by atomic mass is 10.2. The Balaban J connectivity index is 1.27. The van der Waals surface area contributed by atoms with Crippen molar-refractivity contribution in [3.63, 3.8) is 0 Å². The normalized spacial score (nSPS) is 16.7. The minimum atomic E-state index is -0.143. The first-order valence-corrected chi connectivity index (χ1v) is 9.39. The van der Waals surface area contributed by atoms with Gasteiger partial charge >= 0.3 is 0 Å². The van der Waals surface area contributed by atoms with E-state index >= 15 is 0 Å². The number of anilines is 1. The van der Waals surface area contributed by atoms with Crippen LogP contribution in [-0.2, 0) is 4.79 Å². The summed E-state index contributed by atoms with van der Waals surface area (Å²) < 4.78 is 1.73. The molecular weight excluding hydrogens is 352 g/mol. The molecule has 1 unspecified atom stereocenters. The molecule has 4 rings (SSSR count). The summed E-state index contributed by atoms with van der Waals surface area (Å²) in [6, 6.07) is 1.67. The van der Waals surface area contributed by atoms with Crippen molar-refractivity contribution in [2.45, 2.75) is 13.0 Å². The second-order valence-corrected chi connectivity index (χ2v) is 7.04. The van der Waals surface area contributed by atoms with Crippen LogP contribution >= 0.6 is 11.3 Å². The van der Waals surface area contributed by atoms with Crippen LogP contribution in [0.15, 0.2) is 30.2 Å². The van der Waals surface area contributed by atoms with Gasteiger partial charge in [-0.25, -0.2) is 19.5 Å². The van der Waals surface area contributed by atoms with Crippen molar-refractivity contribution in [2.24, 2.45) is 0 Å². The average Bonchev–Trinajstić information content (AvgIpc) is 3.25. The number of piperazine rings is 1. The molecule has 0 aliphatic carbocycles. The van der Waals surface area contributed by atoms with Crippen molar-refractivity contribution in [1.29, 1.82) is 0 Å². The van der Waals surface area contributed by atoms with E-state index in [1.807, 2.05) is 19.2 Å². The molecule has 9 nitrogen and oxygen atoms in total. The molecule has 1 N–H and O–H groups in total. The fourth-order valence-corrected chi connectivity index (χ4v) is 3.60. The van der Waals surface area contributed by atoms with Crippen LogP contribution < -0.4 is 10.2 Å². The van der Waals surface area contributed by atoms with E-state index in [9.17, 15) is 4.79 Å². The first-order valence-electron chi connectivity index (χ1n) is 8.51. The lowest BCUT2D eigenvalue weighted by molar-refractivity contribution is -0.123. The molecule has 0 radical (unpaired) electrons. The van der Waals surface area contributed by atoms with Gasteiger partial charge in [0.05, 0.1) is 24.5 Å². The van der Waals surface area contributed by atoms with Crippen LogP contribution in [-0.4, -0.2) is 68.1 Å². The van der Waals surface area contributed by atoms with Gasteiger partial charge in [0.15, 0.2) is 0 Å². The zero-order valence-corrected chi connectivity index (χ0v) is 15.3. The summed E-state index contributed by atoms with van der Waals surface area (Å²) in [5.41, 5.74) is 2.57. The first kappa shape index (κ1) is 16.9. The fraction of sp³-hybridized carbons (Fsp3) is 0.438. The maximum Gasteiger partial charge on any atom is 0.234 e. The third kappa shape index (κ3) is 3.65. The molecule has 3 aromatic heterocycles. The Labute approximate surface area is 154 Å².